The average molecular weight is 341 g/mol. The molecule has 0 bridgehead atoms. The Morgan fingerprint density at radius 3 is 2.67 bits per heavy atom. The molecule has 1 amide bonds. The van der Waals surface area contributed by atoms with Gasteiger partial charge < -0.3 is 5.32 Å². The minimum Gasteiger partial charge on any atom is -0.359 e. The smallest absolute Gasteiger partial charge is 0.281 e. The molecular formula is C17H13ClN4O2. The van der Waals surface area contributed by atoms with Crippen LogP contribution in [0.4, 0.5) is 5.69 Å². The van der Waals surface area contributed by atoms with E-state index in [0.29, 0.717) is 32.6 Å². The van der Waals surface area contributed by atoms with Gasteiger partial charge in [-0.05, 0) is 24.3 Å². The van der Waals surface area contributed by atoms with Gasteiger partial charge in [0.05, 0.1) is 17.5 Å². The van der Waals surface area contributed by atoms with Crippen LogP contribution in [0.5, 0.6) is 0 Å². The molecule has 0 spiro atoms. The second kappa shape index (κ2) is 5.67. The summed E-state index contributed by atoms with van der Waals surface area (Å²) in [4.78, 5) is 12.4. The van der Waals surface area contributed by atoms with Crippen molar-refractivity contribution in [3.05, 3.63) is 70.9 Å². The lowest BCUT2D eigenvalue weighted by Gasteiger charge is -2.33. The zero-order valence-electron chi connectivity index (χ0n) is 12.4. The number of amides is 1. The Morgan fingerprint density at radius 1 is 1.12 bits per heavy atom. The summed E-state index contributed by atoms with van der Waals surface area (Å²) in [5.74, 6) is -0.461. The Balaban J connectivity index is 1.77. The molecule has 3 N–H and O–H groups in total. The maximum Gasteiger partial charge on any atom is 0.281 e. The number of carbonyl (C=O) groups is 1. The fourth-order valence-electron chi connectivity index (χ4n) is 2.80. The predicted molar refractivity (Wildman–Crippen MR) is 89.8 cm³/mol. The van der Waals surface area contributed by atoms with Crippen LogP contribution in [0, 0.1) is 0 Å². The number of nitrogens with zero attached hydrogens (tertiary/aromatic N) is 2. The molecule has 24 heavy (non-hydrogen) atoms. The van der Waals surface area contributed by atoms with E-state index in [-0.39, 0.29) is 0 Å². The number of carbonyl (C=O) groups excluding carboxylic acids is 1. The molecular weight excluding hydrogens is 328 g/mol. The number of hydrogen-bond acceptors (Lipinski definition) is 4. The molecule has 3 aromatic rings. The summed E-state index contributed by atoms with van der Waals surface area (Å²) < 4.78 is 0. The van der Waals surface area contributed by atoms with Gasteiger partial charge in [-0.1, -0.05) is 35.9 Å². The number of rotatable bonds is 2. The third kappa shape index (κ3) is 2.33. The minimum absolute atomic E-state index is 0.424. The fourth-order valence-corrected chi connectivity index (χ4v) is 2.93. The van der Waals surface area contributed by atoms with Crippen LogP contribution in [-0.2, 0) is 0 Å². The summed E-state index contributed by atoms with van der Waals surface area (Å²) in [5.41, 5.74) is 3.31. The van der Waals surface area contributed by atoms with E-state index in [9.17, 15) is 10.0 Å². The van der Waals surface area contributed by atoms with Crippen LogP contribution in [0.1, 0.15) is 22.1 Å². The highest BCUT2D eigenvalue weighted by Gasteiger charge is 2.34. The normalized spacial score (nSPS) is 16.7. The molecule has 2 aromatic carbocycles. The van der Waals surface area contributed by atoms with Gasteiger partial charge in [-0.15, -0.1) is 0 Å². The lowest BCUT2D eigenvalue weighted by Crippen LogP contribution is -2.40. The first-order valence-electron chi connectivity index (χ1n) is 7.32. The van der Waals surface area contributed by atoms with E-state index in [1.54, 1.807) is 36.5 Å². The molecule has 4 rings (SSSR count). The Labute approximate surface area is 142 Å². The van der Waals surface area contributed by atoms with Crippen molar-refractivity contribution in [2.24, 2.45) is 0 Å². The number of aromatic amines is 1. The molecule has 0 radical (unpaired) electrons. The van der Waals surface area contributed by atoms with Crippen molar-refractivity contribution in [3.63, 3.8) is 0 Å². The molecule has 2 heterocycles. The zero-order chi connectivity index (χ0) is 16.7. The molecule has 6 nitrogen and oxygen atoms in total. The summed E-state index contributed by atoms with van der Waals surface area (Å²) in [5, 5.41) is 21.8. The number of aromatic nitrogens is 2. The van der Waals surface area contributed by atoms with Gasteiger partial charge in [-0.3, -0.25) is 15.1 Å². The van der Waals surface area contributed by atoms with Gasteiger partial charge in [-0.25, -0.2) is 0 Å². The number of hydrogen-bond donors (Lipinski definition) is 3. The number of hydroxylamine groups is 2. The van der Waals surface area contributed by atoms with Gasteiger partial charge in [0.2, 0.25) is 0 Å². The Bertz CT molecular complexity index is 907. The number of benzene rings is 2. The van der Waals surface area contributed by atoms with Gasteiger partial charge in [-0.2, -0.15) is 10.2 Å². The highest BCUT2D eigenvalue weighted by Crippen LogP contribution is 2.35. The summed E-state index contributed by atoms with van der Waals surface area (Å²) in [7, 11) is 0. The van der Waals surface area contributed by atoms with E-state index < -0.39 is 12.1 Å². The minimum atomic E-state index is -0.739. The van der Waals surface area contributed by atoms with Crippen molar-refractivity contribution < 1.29 is 10.0 Å². The fraction of sp³-hybridized carbons (Fsp3) is 0.0588. The number of nitrogens with one attached hydrogen (secondary N) is 2. The van der Waals surface area contributed by atoms with Gasteiger partial charge in [0, 0.05) is 21.8 Å². The number of halogens is 1. The summed E-state index contributed by atoms with van der Waals surface area (Å²) >= 11 is 5.93. The SMILES string of the molecule is O=C1c2ccccc2N[C@H](c2cn[nH]c2-c2ccc(Cl)cc2)N1O. The van der Waals surface area contributed by atoms with Crippen molar-refractivity contribution in [2.75, 3.05) is 5.32 Å². The number of H-pyrrole nitrogens is 1. The molecule has 1 aliphatic rings. The van der Waals surface area contributed by atoms with Crippen LogP contribution in [-0.4, -0.2) is 26.4 Å². The highest BCUT2D eigenvalue weighted by atomic mass is 35.5. The second-order valence-electron chi connectivity index (χ2n) is 5.45. The van der Waals surface area contributed by atoms with Crippen LogP contribution in [0.15, 0.2) is 54.7 Å². The van der Waals surface area contributed by atoms with E-state index >= 15 is 0 Å². The molecule has 120 valence electrons. The van der Waals surface area contributed by atoms with E-state index in [1.807, 2.05) is 18.2 Å². The summed E-state index contributed by atoms with van der Waals surface area (Å²) in [6.45, 7) is 0. The molecule has 0 saturated carbocycles. The van der Waals surface area contributed by atoms with Gasteiger partial charge in [0.25, 0.3) is 5.91 Å². The monoisotopic (exact) mass is 340 g/mol. The van der Waals surface area contributed by atoms with Crippen molar-refractivity contribution >= 4 is 23.2 Å². The van der Waals surface area contributed by atoms with Crippen molar-refractivity contribution in [3.8, 4) is 11.3 Å². The first-order chi connectivity index (χ1) is 11.6. The standard InChI is InChI=1S/C17H13ClN4O2/c18-11-7-5-10(6-8-11)15-13(9-19-21-15)16-20-14-4-2-1-3-12(14)17(23)22(16)24/h1-9,16,20,24H,(H,19,21)/t16-/m0/s1. The van der Waals surface area contributed by atoms with Crippen LogP contribution in [0.25, 0.3) is 11.3 Å². The van der Waals surface area contributed by atoms with Crippen LogP contribution in [0.2, 0.25) is 5.02 Å². The first kappa shape index (κ1) is 14.7. The Hall–Kier alpha value is -2.83. The molecule has 7 heteroatoms. The largest absolute Gasteiger partial charge is 0.359 e. The van der Waals surface area contributed by atoms with Crippen molar-refractivity contribution in [2.45, 2.75) is 6.17 Å². The number of para-hydroxylation sites is 1. The first-order valence-corrected chi connectivity index (χ1v) is 7.70. The Morgan fingerprint density at radius 2 is 1.88 bits per heavy atom. The molecule has 0 unspecified atom stereocenters. The van der Waals surface area contributed by atoms with E-state index in [4.69, 9.17) is 11.6 Å². The third-order valence-corrected chi connectivity index (χ3v) is 4.25. The van der Waals surface area contributed by atoms with Crippen LogP contribution < -0.4 is 5.32 Å². The van der Waals surface area contributed by atoms with Crippen LogP contribution in [0.3, 0.4) is 0 Å². The van der Waals surface area contributed by atoms with E-state index in [0.717, 1.165) is 5.56 Å². The zero-order valence-corrected chi connectivity index (χ0v) is 13.2. The van der Waals surface area contributed by atoms with E-state index in [2.05, 4.69) is 15.5 Å². The highest BCUT2D eigenvalue weighted by molar-refractivity contribution is 6.30. The topological polar surface area (TPSA) is 81.2 Å². The summed E-state index contributed by atoms with van der Waals surface area (Å²) in [6.07, 6.45) is 0.850. The molecule has 1 atom stereocenters. The molecule has 1 aliphatic heterocycles. The third-order valence-electron chi connectivity index (χ3n) is 4.00. The van der Waals surface area contributed by atoms with Crippen molar-refractivity contribution in [1.29, 1.82) is 0 Å². The molecule has 1 aromatic heterocycles. The number of fused-ring (bicyclic) bond motifs is 1. The Kier molecular flexibility index (Phi) is 3.48. The second-order valence-corrected chi connectivity index (χ2v) is 5.89. The lowest BCUT2D eigenvalue weighted by atomic mass is 10.0. The van der Waals surface area contributed by atoms with Gasteiger partial charge >= 0.3 is 0 Å². The number of anilines is 1. The van der Waals surface area contributed by atoms with Crippen LogP contribution >= 0.6 is 11.6 Å². The summed E-state index contributed by atoms with van der Waals surface area (Å²) in [6, 6.07) is 14.3. The molecule has 0 fully saturated rings. The van der Waals surface area contributed by atoms with Crippen molar-refractivity contribution in [1.82, 2.24) is 15.3 Å². The average Bonchev–Trinajstić information content (AvgIpc) is 3.08. The maximum absolute atomic E-state index is 12.4. The quantitative estimate of drug-likeness (QED) is 0.621. The van der Waals surface area contributed by atoms with Gasteiger partial charge in [0.1, 0.15) is 0 Å². The maximum atomic E-state index is 12.4. The predicted octanol–water partition coefficient (Wildman–Crippen LogP) is 3.69. The van der Waals surface area contributed by atoms with Gasteiger partial charge in [0.15, 0.2) is 6.17 Å². The lowest BCUT2D eigenvalue weighted by molar-refractivity contribution is -0.0850. The van der Waals surface area contributed by atoms with E-state index in [1.165, 1.54) is 0 Å². The molecule has 0 aliphatic carbocycles. The molecule has 0 saturated heterocycles.